The van der Waals surface area contributed by atoms with Crippen molar-refractivity contribution in [2.75, 3.05) is 26.0 Å². The lowest BCUT2D eigenvalue weighted by atomic mass is 10.2. The van der Waals surface area contributed by atoms with Gasteiger partial charge in [0.2, 0.25) is 10.0 Å². The molecule has 0 aliphatic carbocycles. The lowest BCUT2D eigenvalue weighted by Gasteiger charge is -2.17. The molecule has 2 amide bonds. The van der Waals surface area contributed by atoms with Gasteiger partial charge in [0.05, 0.1) is 17.2 Å². The van der Waals surface area contributed by atoms with Gasteiger partial charge in [0, 0.05) is 20.1 Å². The Balaban J connectivity index is 3.14. The summed E-state index contributed by atoms with van der Waals surface area (Å²) >= 11 is 0. The van der Waals surface area contributed by atoms with E-state index in [4.69, 9.17) is 4.74 Å². The molecular weight excluding hydrogens is 318 g/mol. The molecule has 2 N–H and O–H groups in total. The van der Waals surface area contributed by atoms with Crippen LogP contribution in [0.15, 0.2) is 23.1 Å². The second kappa shape index (κ2) is 8.16. The smallest absolute Gasteiger partial charge is 0.319 e. The molecule has 0 aromatic heterocycles. The fraction of sp³-hybridized carbons (Fsp3) is 0.533. The number of urea groups is 1. The van der Waals surface area contributed by atoms with E-state index in [1.54, 1.807) is 6.07 Å². The molecule has 1 rings (SSSR count). The van der Waals surface area contributed by atoms with Gasteiger partial charge in [-0.1, -0.05) is 6.92 Å². The van der Waals surface area contributed by atoms with Crippen molar-refractivity contribution in [2.24, 2.45) is 0 Å². The minimum Gasteiger partial charge on any atom is -0.492 e. The molecule has 0 aliphatic heterocycles. The predicted octanol–water partition coefficient (Wildman–Crippen LogP) is 2.26. The quantitative estimate of drug-likeness (QED) is 0.795. The van der Waals surface area contributed by atoms with E-state index < -0.39 is 16.1 Å². The summed E-state index contributed by atoms with van der Waals surface area (Å²) in [6.07, 6.45) is 0.792. The molecule has 1 atom stereocenters. The molecule has 0 unspecified atom stereocenters. The zero-order chi connectivity index (χ0) is 17.6. The van der Waals surface area contributed by atoms with Gasteiger partial charge in [0.1, 0.15) is 5.75 Å². The van der Waals surface area contributed by atoms with E-state index in [0.29, 0.717) is 18.0 Å². The van der Waals surface area contributed by atoms with E-state index in [1.165, 1.54) is 26.2 Å². The maximum absolute atomic E-state index is 12.2. The largest absolute Gasteiger partial charge is 0.492 e. The number of carbonyl (C=O) groups is 1. The summed E-state index contributed by atoms with van der Waals surface area (Å²) in [4.78, 5) is 12.1. The van der Waals surface area contributed by atoms with Crippen molar-refractivity contribution in [1.82, 2.24) is 9.62 Å². The normalized spacial score (nSPS) is 12.8. The molecule has 0 bridgehead atoms. The number of carbonyl (C=O) groups excluding carboxylic acids is 1. The molecule has 130 valence electrons. The number of sulfonamides is 1. The van der Waals surface area contributed by atoms with Crippen LogP contribution >= 0.6 is 0 Å². The second-order valence-corrected chi connectivity index (χ2v) is 7.44. The zero-order valence-corrected chi connectivity index (χ0v) is 15.0. The molecule has 0 spiro atoms. The maximum atomic E-state index is 12.2. The van der Waals surface area contributed by atoms with Crippen LogP contribution in [-0.2, 0) is 10.0 Å². The molecule has 1 aromatic carbocycles. The fourth-order valence-electron chi connectivity index (χ4n) is 1.74. The minimum absolute atomic E-state index is 0.0132. The number of ether oxygens (including phenoxy) is 1. The van der Waals surface area contributed by atoms with Crippen LogP contribution in [0.25, 0.3) is 0 Å². The summed E-state index contributed by atoms with van der Waals surface area (Å²) in [6.45, 7) is 6.06. The van der Waals surface area contributed by atoms with Crippen LogP contribution in [-0.4, -0.2) is 45.5 Å². The van der Waals surface area contributed by atoms with Gasteiger partial charge in [0.25, 0.3) is 0 Å². The SMILES string of the molecule is CCOc1ccc(S(=O)(=O)N(C)C)cc1NC(=O)N[C@@H](C)CC. The second-order valence-electron chi connectivity index (χ2n) is 5.29. The van der Waals surface area contributed by atoms with Crippen LogP contribution in [0.4, 0.5) is 10.5 Å². The predicted molar refractivity (Wildman–Crippen MR) is 90.4 cm³/mol. The van der Waals surface area contributed by atoms with E-state index in [1.807, 2.05) is 20.8 Å². The summed E-state index contributed by atoms with van der Waals surface area (Å²) in [5, 5.41) is 5.42. The van der Waals surface area contributed by atoms with Gasteiger partial charge in [-0.15, -0.1) is 0 Å². The van der Waals surface area contributed by atoms with Crippen LogP contribution < -0.4 is 15.4 Å². The third-order valence-corrected chi connectivity index (χ3v) is 5.08. The van der Waals surface area contributed by atoms with Crippen molar-refractivity contribution in [1.29, 1.82) is 0 Å². The molecule has 0 radical (unpaired) electrons. The molecule has 23 heavy (non-hydrogen) atoms. The molecule has 0 saturated heterocycles. The highest BCUT2D eigenvalue weighted by Gasteiger charge is 2.20. The van der Waals surface area contributed by atoms with E-state index >= 15 is 0 Å². The monoisotopic (exact) mass is 343 g/mol. The summed E-state index contributed by atoms with van der Waals surface area (Å²) in [5.74, 6) is 0.421. The summed E-state index contributed by atoms with van der Waals surface area (Å²) < 4.78 is 31.0. The molecule has 0 heterocycles. The van der Waals surface area contributed by atoms with Gasteiger partial charge in [-0.25, -0.2) is 17.5 Å². The molecule has 8 heteroatoms. The van der Waals surface area contributed by atoms with E-state index in [9.17, 15) is 13.2 Å². The average molecular weight is 343 g/mol. The van der Waals surface area contributed by atoms with Gasteiger partial charge in [0.15, 0.2) is 0 Å². The summed E-state index contributed by atoms with van der Waals surface area (Å²) in [6, 6.07) is 4.01. The van der Waals surface area contributed by atoms with Gasteiger partial charge in [-0.3, -0.25) is 0 Å². The zero-order valence-electron chi connectivity index (χ0n) is 14.2. The number of anilines is 1. The average Bonchev–Trinajstić information content (AvgIpc) is 2.48. The number of nitrogens with zero attached hydrogens (tertiary/aromatic N) is 1. The Morgan fingerprint density at radius 2 is 1.96 bits per heavy atom. The Hall–Kier alpha value is -1.80. The highest BCUT2D eigenvalue weighted by atomic mass is 32.2. The standard InChI is InChI=1S/C15H25N3O4S/c1-6-11(3)16-15(19)17-13-10-12(23(20,21)18(4)5)8-9-14(13)22-7-2/h8-11H,6-7H2,1-5H3,(H2,16,17,19)/t11-/m0/s1. The van der Waals surface area contributed by atoms with Crippen molar-refractivity contribution in [2.45, 2.75) is 38.1 Å². The Labute approximate surface area is 138 Å². The highest BCUT2D eigenvalue weighted by molar-refractivity contribution is 7.89. The Kier molecular flexibility index (Phi) is 6.83. The first kappa shape index (κ1) is 19.2. The number of hydrogen-bond donors (Lipinski definition) is 2. The van der Waals surface area contributed by atoms with Crippen LogP contribution in [0.1, 0.15) is 27.2 Å². The van der Waals surface area contributed by atoms with Crippen LogP contribution in [0, 0.1) is 0 Å². The lowest BCUT2D eigenvalue weighted by Crippen LogP contribution is -2.35. The lowest BCUT2D eigenvalue weighted by molar-refractivity contribution is 0.248. The van der Waals surface area contributed by atoms with Crippen LogP contribution in [0.5, 0.6) is 5.75 Å². The third kappa shape index (κ3) is 5.11. The fourth-order valence-corrected chi connectivity index (χ4v) is 2.67. The van der Waals surface area contributed by atoms with Crippen LogP contribution in [0.2, 0.25) is 0 Å². The first-order chi connectivity index (χ1) is 10.7. The Morgan fingerprint density at radius 3 is 2.48 bits per heavy atom. The topological polar surface area (TPSA) is 87.7 Å². The van der Waals surface area contributed by atoms with Crippen LogP contribution in [0.3, 0.4) is 0 Å². The molecule has 0 fully saturated rings. The van der Waals surface area contributed by atoms with Crippen molar-refractivity contribution in [3.8, 4) is 5.75 Å². The molecule has 0 aliphatic rings. The number of rotatable bonds is 7. The molecule has 0 saturated carbocycles. The first-order valence-electron chi connectivity index (χ1n) is 7.49. The number of nitrogens with one attached hydrogen (secondary N) is 2. The van der Waals surface area contributed by atoms with Crippen molar-refractivity contribution in [3.63, 3.8) is 0 Å². The number of amides is 2. The third-order valence-electron chi connectivity index (χ3n) is 3.27. The van der Waals surface area contributed by atoms with E-state index in [0.717, 1.165) is 10.7 Å². The minimum atomic E-state index is -3.59. The number of benzene rings is 1. The summed E-state index contributed by atoms with van der Waals surface area (Å²) in [5.41, 5.74) is 0.315. The molecule has 7 nitrogen and oxygen atoms in total. The molecular formula is C15H25N3O4S. The van der Waals surface area contributed by atoms with Crippen molar-refractivity contribution >= 4 is 21.7 Å². The van der Waals surface area contributed by atoms with Gasteiger partial charge in [-0.2, -0.15) is 0 Å². The van der Waals surface area contributed by atoms with Gasteiger partial charge >= 0.3 is 6.03 Å². The maximum Gasteiger partial charge on any atom is 0.319 e. The summed E-state index contributed by atoms with van der Waals surface area (Å²) in [7, 11) is -0.683. The van der Waals surface area contributed by atoms with Gasteiger partial charge < -0.3 is 15.4 Å². The number of hydrogen-bond acceptors (Lipinski definition) is 4. The van der Waals surface area contributed by atoms with E-state index in [-0.39, 0.29) is 10.9 Å². The molecule has 1 aromatic rings. The van der Waals surface area contributed by atoms with Gasteiger partial charge in [-0.05, 0) is 38.5 Å². The Morgan fingerprint density at radius 1 is 1.30 bits per heavy atom. The first-order valence-corrected chi connectivity index (χ1v) is 8.93. The highest BCUT2D eigenvalue weighted by Crippen LogP contribution is 2.28. The van der Waals surface area contributed by atoms with Crippen molar-refractivity contribution < 1.29 is 17.9 Å². The Bertz CT molecular complexity index is 644. The van der Waals surface area contributed by atoms with Crippen molar-refractivity contribution in [3.05, 3.63) is 18.2 Å². The van der Waals surface area contributed by atoms with E-state index in [2.05, 4.69) is 10.6 Å².